The van der Waals surface area contributed by atoms with Gasteiger partial charge < -0.3 is 4.42 Å². The van der Waals surface area contributed by atoms with Crippen molar-refractivity contribution in [2.24, 2.45) is 5.10 Å². The molecule has 2 aromatic carbocycles. The quantitative estimate of drug-likeness (QED) is 0.322. The number of nitrogens with one attached hydrogen (secondary N) is 2. The van der Waals surface area contributed by atoms with Crippen molar-refractivity contribution in [1.82, 2.24) is 5.43 Å². The molecule has 0 aliphatic heterocycles. The van der Waals surface area contributed by atoms with Crippen LogP contribution in [0.3, 0.4) is 0 Å². The number of amides is 1. The van der Waals surface area contributed by atoms with Gasteiger partial charge in [-0.25, -0.2) is 13.8 Å². The Morgan fingerprint density at radius 2 is 1.87 bits per heavy atom. The molecule has 12 heteroatoms. The second-order valence-corrected chi connectivity index (χ2v) is 7.89. The lowest BCUT2D eigenvalue weighted by molar-refractivity contribution is -0.402. The second-order valence-electron chi connectivity index (χ2n) is 5.77. The van der Waals surface area contributed by atoms with Gasteiger partial charge >= 0.3 is 5.88 Å². The fraction of sp³-hybridized carbons (Fsp3) is 0. The minimum Gasteiger partial charge on any atom is -0.400 e. The normalized spacial score (nSPS) is 11.4. The third-order valence-corrected chi connectivity index (χ3v) is 5.28. The summed E-state index contributed by atoms with van der Waals surface area (Å²) in [6, 6.07) is 13.9. The maximum Gasteiger partial charge on any atom is 0.433 e. The molecule has 3 aromatic rings. The fourth-order valence-corrected chi connectivity index (χ4v) is 3.50. The molecule has 0 unspecified atom stereocenters. The van der Waals surface area contributed by atoms with Gasteiger partial charge in [-0.05, 0) is 48.5 Å². The lowest BCUT2D eigenvalue weighted by Gasteiger charge is -2.09. The van der Waals surface area contributed by atoms with Crippen molar-refractivity contribution in [3.63, 3.8) is 0 Å². The average Bonchev–Trinajstić information content (AvgIpc) is 3.19. The Bertz CT molecular complexity index is 1220. The van der Waals surface area contributed by atoms with Crippen LogP contribution in [0.4, 0.5) is 11.6 Å². The molecule has 0 spiro atoms. The molecule has 0 aliphatic carbocycles. The van der Waals surface area contributed by atoms with Crippen LogP contribution < -0.4 is 10.1 Å². The maximum atomic E-state index is 12.5. The van der Waals surface area contributed by atoms with Crippen molar-refractivity contribution < 1.29 is 22.6 Å². The molecule has 3 rings (SSSR count). The van der Waals surface area contributed by atoms with Gasteiger partial charge in [0.05, 0.1) is 17.2 Å². The zero-order chi connectivity index (χ0) is 21.7. The van der Waals surface area contributed by atoms with Crippen molar-refractivity contribution >= 4 is 45.3 Å². The van der Waals surface area contributed by atoms with Crippen LogP contribution in [0.1, 0.15) is 16.1 Å². The number of anilines is 1. The summed E-state index contributed by atoms with van der Waals surface area (Å²) in [4.78, 5) is 22.0. The molecule has 0 saturated carbocycles. The van der Waals surface area contributed by atoms with Gasteiger partial charge in [0.15, 0.2) is 5.76 Å². The first-order valence-corrected chi connectivity index (χ1v) is 10.1. The number of hydrazone groups is 1. The van der Waals surface area contributed by atoms with E-state index in [0.717, 1.165) is 12.3 Å². The molecule has 0 saturated heterocycles. The van der Waals surface area contributed by atoms with Crippen molar-refractivity contribution in [2.75, 3.05) is 4.72 Å². The Balaban J connectivity index is 1.70. The Hall–Kier alpha value is -3.70. The molecule has 30 heavy (non-hydrogen) atoms. The van der Waals surface area contributed by atoms with E-state index in [1.54, 1.807) is 0 Å². The van der Waals surface area contributed by atoms with E-state index in [4.69, 9.17) is 16.0 Å². The largest absolute Gasteiger partial charge is 0.433 e. The Kier molecular flexibility index (Phi) is 6.14. The number of hydrogen-bond donors (Lipinski definition) is 2. The van der Waals surface area contributed by atoms with E-state index in [1.165, 1.54) is 54.6 Å². The monoisotopic (exact) mass is 448 g/mol. The van der Waals surface area contributed by atoms with E-state index in [9.17, 15) is 23.3 Å². The molecule has 10 nitrogen and oxygen atoms in total. The Labute approximate surface area is 175 Å². The summed E-state index contributed by atoms with van der Waals surface area (Å²) in [5, 5.41) is 14.7. The van der Waals surface area contributed by atoms with Crippen LogP contribution in [0.2, 0.25) is 5.02 Å². The lowest BCUT2D eigenvalue weighted by Crippen LogP contribution is -2.19. The number of benzene rings is 2. The predicted molar refractivity (Wildman–Crippen MR) is 109 cm³/mol. The van der Waals surface area contributed by atoms with E-state index in [2.05, 4.69) is 15.2 Å². The van der Waals surface area contributed by atoms with Gasteiger partial charge in [0.2, 0.25) is 0 Å². The summed E-state index contributed by atoms with van der Waals surface area (Å²) in [6.07, 6.45) is 1.08. The van der Waals surface area contributed by atoms with Gasteiger partial charge in [0, 0.05) is 16.3 Å². The minimum absolute atomic E-state index is 0.0385. The van der Waals surface area contributed by atoms with Crippen LogP contribution in [-0.4, -0.2) is 25.5 Å². The number of hydrogen-bond acceptors (Lipinski definition) is 7. The molecule has 0 radical (unpaired) electrons. The number of nitro groups is 1. The number of furan rings is 1. The highest BCUT2D eigenvalue weighted by Crippen LogP contribution is 2.19. The zero-order valence-corrected chi connectivity index (χ0v) is 16.6. The van der Waals surface area contributed by atoms with Crippen LogP contribution >= 0.6 is 11.6 Å². The van der Waals surface area contributed by atoms with Crippen molar-refractivity contribution in [2.45, 2.75) is 4.90 Å². The van der Waals surface area contributed by atoms with E-state index < -0.39 is 26.7 Å². The first-order valence-electron chi connectivity index (χ1n) is 8.21. The highest BCUT2D eigenvalue weighted by molar-refractivity contribution is 7.92. The summed E-state index contributed by atoms with van der Waals surface area (Å²) in [7, 11) is -3.94. The molecule has 0 atom stereocenters. The molecule has 0 aliphatic rings. The van der Waals surface area contributed by atoms with Gasteiger partial charge in [-0.3, -0.25) is 19.6 Å². The van der Waals surface area contributed by atoms with Gasteiger partial charge in [-0.2, -0.15) is 5.10 Å². The fourth-order valence-electron chi connectivity index (χ4n) is 2.27. The van der Waals surface area contributed by atoms with E-state index in [1.807, 2.05) is 0 Å². The van der Waals surface area contributed by atoms with Crippen LogP contribution in [0.5, 0.6) is 0 Å². The van der Waals surface area contributed by atoms with Gasteiger partial charge in [-0.1, -0.05) is 17.7 Å². The number of halogens is 1. The third-order valence-electron chi connectivity index (χ3n) is 3.65. The summed E-state index contributed by atoms with van der Waals surface area (Å²) in [5.74, 6) is -1.09. The van der Waals surface area contributed by atoms with Gasteiger partial charge in [0.25, 0.3) is 15.9 Å². The highest BCUT2D eigenvalue weighted by Gasteiger charge is 2.16. The standard InChI is InChI=1S/C18H13ClN4O6S/c19-13-4-6-14(7-5-13)22-30(27,28)16-3-1-2-12(10-16)18(24)21-20-11-15-8-9-17(29-15)23(25)26/h1-11,22H,(H,21,24). The summed E-state index contributed by atoms with van der Waals surface area (Å²) >= 11 is 5.78. The molecular weight excluding hydrogens is 436 g/mol. The molecule has 1 amide bonds. The Morgan fingerprint density at radius 3 is 2.53 bits per heavy atom. The summed E-state index contributed by atoms with van der Waals surface area (Å²) < 4.78 is 32.3. The topological polar surface area (TPSA) is 144 Å². The van der Waals surface area contributed by atoms with Gasteiger partial charge in [-0.15, -0.1) is 0 Å². The predicted octanol–water partition coefficient (Wildman–Crippen LogP) is 3.41. The average molecular weight is 449 g/mol. The SMILES string of the molecule is O=C(NN=Cc1ccc([N+](=O)[O-])o1)c1cccc(S(=O)(=O)Nc2ccc(Cl)cc2)c1. The van der Waals surface area contributed by atoms with Crippen LogP contribution in [0.15, 0.2) is 75.1 Å². The van der Waals surface area contributed by atoms with E-state index in [-0.39, 0.29) is 16.2 Å². The maximum absolute atomic E-state index is 12.5. The molecule has 1 heterocycles. The number of rotatable bonds is 7. The number of carbonyl (C=O) groups is 1. The number of nitrogens with zero attached hydrogens (tertiary/aromatic N) is 2. The Morgan fingerprint density at radius 1 is 1.13 bits per heavy atom. The van der Waals surface area contributed by atoms with Crippen LogP contribution in [-0.2, 0) is 10.0 Å². The first kappa shape index (κ1) is 21.0. The zero-order valence-electron chi connectivity index (χ0n) is 15.0. The van der Waals surface area contributed by atoms with Crippen molar-refractivity contribution in [3.05, 3.63) is 87.1 Å². The smallest absolute Gasteiger partial charge is 0.400 e. The lowest BCUT2D eigenvalue weighted by atomic mass is 10.2. The third kappa shape index (κ3) is 5.21. The number of carbonyl (C=O) groups excluding carboxylic acids is 1. The minimum atomic E-state index is -3.94. The van der Waals surface area contributed by atoms with Crippen LogP contribution in [0.25, 0.3) is 0 Å². The summed E-state index contributed by atoms with van der Waals surface area (Å²) in [6.45, 7) is 0. The second kappa shape index (κ2) is 8.76. The molecule has 1 aromatic heterocycles. The number of sulfonamides is 1. The van der Waals surface area contributed by atoms with Crippen molar-refractivity contribution in [1.29, 1.82) is 0 Å². The summed E-state index contributed by atoms with van der Waals surface area (Å²) in [5.41, 5.74) is 2.54. The first-order chi connectivity index (χ1) is 14.2. The van der Waals surface area contributed by atoms with Crippen LogP contribution in [0, 0.1) is 10.1 Å². The van der Waals surface area contributed by atoms with Crippen molar-refractivity contribution in [3.8, 4) is 0 Å². The van der Waals surface area contributed by atoms with Gasteiger partial charge in [0.1, 0.15) is 4.92 Å². The molecule has 0 fully saturated rings. The van der Waals surface area contributed by atoms with E-state index in [0.29, 0.717) is 10.7 Å². The molecule has 154 valence electrons. The molecule has 2 N–H and O–H groups in total. The molecular formula is C18H13ClN4O6S. The van der Waals surface area contributed by atoms with E-state index >= 15 is 0 Å². The highest BCUT2D eigenvalue weighted by atomic mass is 35.5. The molecule has 0 bridgehead atoms.